The Morgan fingerprint density at radius 2 is 2.15 bits per heavy atom. The number of benzene rings is 1. The molecule has 2 atom stereocenters. The first-order valence-corrected chi connectivity index (χ1v) is 6.09. The van der Waals surface area contributed by atoms with Crippen LogP contribution in [0.3, 0.4) is 0 Å². The summed E-state index contributed by atoms with van der Waals surface area (Å²) in [5.74, 6) is -1.35. The number of aliphatic carboxylic acids is 1. The molecule has 1 amide bonds. The first-order valence-electron chi connectivity index (χ1n) is 6.09. The van der Waals surface area contributed by atoms with Gasteiger partial charge in [0.1, 0.15) is 11.8 Å². The van der Waals surface area contributed by atoms with Gasteiger partial charge in [0, 0.05) is 24.7 Å². The summed E-state index contributed by atoms with van der Waals surface area (Å²) < 4.78 is 5.09. The van der Waals surface area contributed by atoms with E-state index in [4.69, 9.17) is 15.6 Å². The number of anilines is 1. The highest BCUT2D eigenvalue weighted by Crippen LogP contribution is 2.27. The number of amides is 1. The van der Waals surface area contributed by atoms with E-state index in [2.05, 4.69) is 0 Å². The van der Waals surface area contributed by atoms with Crippen LogP contribution in [0.5, 0.6) is 5.75 Å². The molecule has 2 rings (SSSR count). The average molecular weight is 280 g/mol. The van der Waals surface area contributed by atoms with Crippen LogP contribution in [0.25, 0.3) is 0 Å². The van der Waals surface area contributed by atoms with Crippen LogP contribution in [0, 0.1) is 0 Å². The maximum absolute atomic E-state index is 12.4. The third-order valence-corrected chi connectivity index (χ3v) is 3.28. The Bertz CT molecular complexity index is 546. The van der Waals surface area contributed by atoms with Gasteiger partial charge >= 0.3 is 5.97 Å². The average Bonchev–Trinajstić information content (AvgIpc) is 2.80. The van der Waals surface area contributed by atoms with Gasteiger partial charge in [0.25, 0.3) is 5.91 Å². The Balaban J connectivity index is 2.33. The monoisotopic (exact) mass is 280 g/mol. The van der Waals surface area contributed by atoms with Crippen LogP contribution in [-0.2, 0) is 4.79 Å². The number of nitrogen functional groups attached to an aromatic ring is 1. The zero-order valence-corrected chi connectivity index (χ0v) is 10.9. The van der Waals surface area contributed by atoms with Crippen LogP contribution >= 0.6 is 0 Å². The van der Waals surface area contributed by atoms with Gasteiger partial charge in [-0.1, -0.05) is 0 Å². The molecule has 0 aromatic heterocycles. The van der Waals surface area contributed by atoms with E-state index in [0.717, 1.165) is 4.90 Å². The molecule has 20 heavy (non-hydrogen) atoms. The molecule has 7 nitrogen and oxygen atoms in total. The molecule has 7 heteroatoms. The Kier molecular flexibility index (Phi) is 3.80. The van der Waals surface area contributed by atoms with Crippen molar-refractivity contribution in [1.29, 1.82) is 0 Å². The lowest BCUT2D eigenvalue weighted by Crippen LogP contribution is -2.40. The summed E-state index contributed by atoms with van der Waals surface area (Å²) in [6.07, 6.45) is -0.807. The summed E-state index contributed by atoms with van der Waals surface area (Å²) in [6, 6.07) is 3.49. The largest absolute Gasteiger partial charge is 0.496 e. The van der Waals surface area contributed by atoms with Gasteiger partial charge in [0.15, 0.2) is 0 Å². The number of hydrogen-bond donors (Lipinski definition) is 3. The van der Waals surface area contributed by atoms with Crippen molar-refractivity contribution in [3.63, 3.8) is 0 Å². The molecule has 1 heterocycles. The highest BCUT2D eigenvalue weighted by Gasteiger charge is 2.39. The van der Waals surface area contributed by atoms with E-state index < -0.39 is 24.0 Å². The number of hydrogen-bond acceptors (Lipinski definition) is 5. The van der Waals surface area contributed by atoms with E-state index in [1.807, 2.05) is 0 Å². The quantitative estimate of drug-likeness (QED) is 0.668. The number of ether oxygens (including phenoxy) is 1. The van der Waals surface area contributed by atoms with Crippen molar-refractivity contribution < 1.29 is 24.5 Å². The number of aliphatic hydroxyl groups excluding tert-OH is 1. The van der Waals surface area contributed by atoms with Gasteiger partial charge in [0.2, 0.25) is 0 Å². The van der Waals surface area contributed by atoms with Crippen LogP contribution in [0.2, 0.25) is 0 Å². The maximum atomic E-state index is 12.4. The van der Waals surface area contributed by atoms with Gasteiger partial charge < -0.3 is 25.6 Å². The fourth-order valence-corrected chi connectivity index (χ4v) is 2.31. The van der Waals surface area contributed by atoms with E-state index in [9.17, 15) is 14.7 Å². The van der Waals surface area contributed by atoms with Crippen LogP contribution in [0.15, 0.2) is 18.2 Å². The van der Waals surface area contributed by atoms with Crippen LogP contribution in [-0.4, -0.2) is 52.8 Å². The molecule has 0 bridgehead atoms. The standard InChI is InChI=1S/C13H16N2O5/c1-20-11-4-7(14)2-3-9(11)12(17)15-6-8(16)5-10(15)13(18)19/h2-4,8,10,16H,5-6,14H2,1H3,(H,18,19). The number of carboxylic acid groups (broad SMARTS) is 1. The number of carboxylic acids is 1. The fourth-order valence-electron chi connectivity index (χ4n) is 2.31. The summed E-state index contributed by atoms with van der Waals surface area (Å²) in [7, 11) is 1.40. The van der Waals surface area contributed by atoms with Crippen molar-refractivity contribution in [2.45, 2.75) is 18.6 Å². The van der Waals surface area contributed by atoms with Gasteiger partial charge in [-0.3, -0.25) is 4.79 Å². The molecule has 1 aliphatic rings. The highest BCUT2D eigenvalue weighted by molar-refractivity contribution is 5.99. The lowest BCUT2D eigenvalue weighted by atomic mass is 10.1. The lowest BCUT2D eigenvalue weighted by Gasteiger charge is -2.22. The number of carbonyl (C=O) groups is 2. The zero-order valence-electron chi connectivity index (χ0n) is 10.9. The van der Waals surface area contributed by atoms with Gasteiger partial charge in [-0.15, -0.1) is 0 Å². The second-order valence-corrected chi connectivity index (χ2v) is 4.66. The molecule has 1 aromatic carbocycles. The molecule has 1 aromatic rings. The van der Waals surface area contributed by atoms with Crippen molar-refractivity contribution in [3.8, 4) is 5.75 Å². The van der Waals surface area contributed by atoms with E-state index in [1.54, 1.807) is 0 Å². The van der Waals surface area contributed by atoms with Crippen molar-refractivity contribution in [2.24, 2.45) is 0 Å². The second-order valence-electron chi connectivity index (χ2n) is 4.66. The van der Waals surface area contributed by atoms with E-state index in [1.165, 1.54) is 25.3 Å². The molecule has 4 N–H and O–H groups in total. The van der Waals surface area contributed by atoms with Gasteiger partial charge in [0.05, 0.1) is 18.8 Å². The summed E-state index contributed by atoms with van der Waals surface area (Å²) >= 11 is 0. The first-order chi connectivity index (χ1) is 9.43. The Morgan fingerprint density at radius 1 is 1.45 bits per heavy atom. The van der Waals surface area contributed by atoms with Gasteiger partial charge in [-0.25, -0.2) is 4.79 Å². The fraction of sp³-hybridized carbons (Fsp3) is 0.385. The number of β-amino-alcohol motifs (C(OH)–C–C–N with tert-alkyl or cyclic N) is 1. The number of likely N-dealkylation sites (tertiary alicyclic amines) is 1. The first kappa shape index (κ1) is 14.1. The number of aliphatic hydroxyl groups is 1. The molecule has 0 saturated carbocycles. The highest BCUT2D eigenvalue weighted by atomic mass is 16.5. The molecule has 0 aliphatic carbocycles. The number of nitrogens with zero attached hydrogens (tertiary/aromatic N) is 1. The van der Waals surface area contributed by atoms with Crippen molar-refractivity contribution >= 4 is 17.6 Å². The molecule has 1 fully saturated rings. The number of carbonyl (C=O) groups excluding carboxylic acids is 1. The second kappa shape index (κ2) is 5.38. The Labute approximate surface area is 115 Å². The lowest BCUT2D eigenvalue weighted by molar-refractivity contribution is -0.141. The van der Waals surface area contributed by atoms with Crippen molar-refractivity contribution in [3.05, 3.63) is 23.8 Å². The van der Waals surface area contributed by atoms with E-state index >= 15 is 0 Å². The zero-order chi connectivity index (χ0) is 14.9. The molecule has 1 saturated heterocycles. The molecule has 2 unspecified atom stereocenters. The minimum Gasteiger partial charge on any atom is -0.496 e. The van der Waals surface area contributed by atoms with Gasteiger partial charge in [-0.05, 0) is 12.1 Å². The van der Waals surface area contributed by atoms with Crippen LogP contribution in [0.4, 0.5) is 5.69 Å². The number of methoxy groups -OCH3 is 1. The van der Waals surface area contributed by atoms with Crippen molar-refractivity contribution in [2.75, 3.05) is 19.4 Å². The van der Waals surface area contributed by atoms with Crippen molar-refractivity contribution in [1.82, 2.24) is 4.90 Å². The van der Waals surface area contributed by atoms with E-state index in [0.29, 0.717) is 5.69 Å². The minimum atomic E-state index is -1.13. The number of nitrogens with two attached hydrogens (primary N) is 1. The Hall–Kier alpha value is -2.28. The van der Waals surface area contributed by atoms with Crippen LogP contribution < -0.4 is 10.5 Å². The number of rotatable bonds is 3. The summed E-state index contributed by atoms with van der Waals surface area (Å²) in [5, 5.41) is 18.7. The molecule has 108 valence electrons. The van der Waals surface area contributed by atoms with Crippen LogP contribution in [0.1, 0.15) is 16.8 Å². The Morgan fingerprint density at radius 3 is 2.75 bits per heavy atom. The predicted octanol–water partition coefficient (Wildman–Crippen LogP) is -0.0626. The third-order valence-electron chi connectivity index (χ3n) is 3.28. The minimum absolute atomic E-state index is 0.0106. The third kappa shape index (κ3) is 2.53. The molecule has 0 spiro atoms. The smallest absolute Gasteiger partial charge is 0.326 e. The summed E-state index contributed by atoms with van der Waals surface area (Å²) in [5.41, 5.74) is 6.28. The van der Waals surface area contributed by atoms with Gasteiger partial charge in [-0.2, -0.15) is 0 Å². The summed E-state index contributed by atoms with van der Waals surface area (Å²) in [4.78, 5) is 24.7. The molecule has 0 radical (unpaired) electrons. The maximum Gasteiger partial charge on any atom is 0.326 e. The van der Waals surface area contributed by atoms with E-state index in [-0.39, 0.29) is 24.3 Å². The predicted molar refractivity (Wildman–Crippen MR) is 70.5 cm³/mol. The normalized spacial score (nSPS) is 21.8. The SMILES string of the molecule is COc1cc(N)ccc1C(=O)N1CC(O)CC1C(=O)O. The molecular weight excluding hydrogens is 264 g/mol. The topological polar surface area (TPSA) is 113 Å². The molecular formula is C13H16N2O5. The summed E-state index contributed by atoms with van der Waals surface area (Å²) in [6.45, 7) is -0.0106. The molecule has 1 aliphatic heterocycles.